The maximum absolute atomic E-state index is 11.9. The number of allylic oxidation sites excluding steroid dienone is 3. The van der Waals surface area contributed by atoms with Crippen molar-refractivity contribution in [3.63, 3.8) is 0 Å². The molecular formula is C16H25N3O2. The Morgan fingerprint density at radius 1 is 1.38 bits per heavy atom. The molecule has 0 aromatic heterocycles. The molecule has 0 atom stereocenters. The molecule has 0 saturated carbocycles. The van der Waals surface area contributed by atoms with Crippen LogP contribution in [0.5, 0.6) is 0 Å². The number of nitrogens with one attached hydrogen (secondary N) is 1. The highest BCUT2D eigenvalue weighted by Crippen LogP contribution is 2.40. The first-order valence-electron chi connectivity index (χ1n) is 7.53. The molecule has 116 valence electrons. The van der Waals surface area contributed by atoms with Gasteiger partial charge in [-0.3, -0.25) is 4.79 Å². The van der Waals surface area contributed by atoms with Crippen LogP contribution in [0.15, 0.2) is 23.3 Å². The van der Waals surface area contributed by atoms with Gasteiger partial charge in [0.1, 0.15) is 0 Å². The van der Waals surface area contributed by atoms with E-state index in [-0.39, 0.29) is 17.4 Å². The van der Waals surface area contributed by atoms with Crippen molar-refractivity contribution in [2.75, 3.05) is 13.1 Å². The highest BCUT2D eigenvalue weighted by atomic mass is 16.2. The third kappa shape index (κ3) is 3.65. The third-order valence-electron chi connectivity index (χ3n) is 4.48. The van der Waals surface area contributed by atoms with E-state index in [9.17, 15) is 9.59 Å². The summed E-state index contributed by atoms with van der Waals surface area (Å²) >= 11 is 0. The van der Waals surface area contributed by atoms with Crippen molar-refractivity contribution in [1.29, 1.82) is 0 Å². The zero-order valence-corrected chi connectivity index (χ0v) is 13.1. The van der Waals surface area contributed by atoms with Gasteiger partial charge in [-0.2, -0.15) is 0 Å². The minimum absolute atomic E-state index is 0.0177. The molecule has 0 aromatic rings. The van der Waals surface area contributed by atoms with Gasteiger partial charge < -0.3 is 16.0 Å². The fourth-order valence-corrected chi connectivity index (χ4v) is 3.17. The molecule has 0 radical (unpaired) electrons. The second-order valence-corrected chi connectivity index (χ2v) is 6.71. The Morgan fingerprint density at radius 2 is 2.05 bits per heavy atom. The molecular weight excluding hydrogens is 266 g/mol. The van der Waals surface area contributed by atoms with E-state index < -0.39 is 6.03 Å². The zero-order valence-electron chi connectivity index (χ0n) is 13.1. The van der Waals surface area contributed by atoms with E-state index in [1.807, 2.05) is 6.08 Å². The molecule has 0 spiro atoms. The Bertz CT molecular complexity index is 500. The number of rotatable bonds is 3. The van der Waals surface area contributed by atoms with Crippen molar-refractivity contribution in [1.82, 2.24) is 10.2 Å². The summed E-state index contributed by atoms with van der Waals surface area (Å²) in [5, 5.41) is 2.89. The molecule has 2 rings (SSSR count). The van der Waals surface area contributed by atoms with Crippen LogP contribution in [-0.4, -0.2) is 36.0 Å². The Hall–Kier alpha value is -1.78. The monoisotopic (exact) mass is 291 g/mol. The van der Waals surface area contributed by atoms with Crippen LogP contribution in [0.2, 0.25) is 0 Å². The van der Waals surface area contributed by atoms with Crippen molar-refractivity contribution in [3.8, 4) is 0 Å². The fourth-order valence-electron chi connectivity index (χ4n) is 3.17. The summed E-state index contributed by atoms with van der Waals surface area (Å²) < 4.78 is 0. The van der Waals surface area contributed by atoms with E-state index in [1.54, 1.807) is 6.08 Å². The van der Waals surface area contributed by atoms with Crippen molar-refractivity contribution in [2.24, 2.45) is 11.1 Å². The number of carbonyl (C=O) groups is 2. The summed E-state index contributed by atoms with van der Waals surface area (Å²) in [6, 6.07) is -0.412. The zero-order chi connectivity index (χ0) is 15.6. The Kier molecular flexibility index (Phi) is 4.40. The number of hydrogen-bond acceptors (Lipinski definition) is 2. The van der Waals surface area contributed by atoms with Crippen LogP contribution in [-0.2, 0) is 4.79 Å². The molecule has 1 heterocycles. The average molecular weight is 291 g/mol. The van der Waals surface area contributed by atoms with Gasteiger partial charge in [-0.25, -0.2) is 4.79 Å². The number of primary amides is 1. The van der Waals surface area contributed by atoms with Gasteiger partial charge in [-0.1, -0.05) is 25.5 Å². The molecule has 1 aliphatic heterocycles. The number of nitrogens with zero attached hydrogens (tertiary/aromatic N) is 1. The van der Waals surface area contributed by atoms with Crippen molar-refractivity contribution < 1.29 is 9.59 Å². The predicted molar refractivity (Wildman–Crippen MR) is 82.6 cm³/mol. The van der Waals surface area contributed by atoms with Gasteiger partial charge >= 0.3 is 6.03 Å². The lowest BCUT2D eigenvalue weighted by Gasteiger charge is -2.38. The SMILES string of the molecule is CC1=C(/C=C/C(=O)NC2CN(C(N)=O)C2)C(C)(C)CCC1. The van der Waals surface area contributed by atoms with Gasteiger partial charge in [0.15, 0.2) is 0 Å². The largest absolute Gasteiger partial charge is 0.351 e. The summed E-state index contributed by atoms with van der Waals surface area (Å²) in [6.07, 6.45) is 7.04. The molecule has 21 heavy (non-hydrogen) atoms. The van der Waals surface area contributed by atoms with Crippen LogP contribution >= 0.6 is 0 Å². The van der Waals surface area contributed by atoms with E-state index in [0.717, 1.165) is 12.8 Å². The minimum atomic E-state index is -0.430. The summed E-state index contributed by atoms with van der Waals surface area (Å²) in [5.74, 6) is -0.106. The summed E-state index contributed by atoms with van der Waals surface area (Å²) in [6.45, 7) is 7.60. The average Bonchev–Trinajstić information content (AvgIpc) is 2.31. The van der Waals surface area contributed by atoms with E-state index in [0.29, 0.717) is 13.1 Å². The first kappa shape index (κ1) is 15.6. The number of hydrogen-bond donors (Lipinski definition) is 2. The molecule has 3 amide bonds. The summed E-state index contributed by atoms with van der Waals surface area (Å²) in [5.41, 5.74) is 7.93. The number of likely N-dealkylation sites (tertiary alicyclic amines) is 1. The molecule has 2 aliphatic rings. The third-order valence-corrected chi connectivity index (χ3v) is 4.48. The lowest BCUT2D eigenvalue weighted by Crippen LogP contribution is -2.62. The standard InChI is InChI=1S/C16H25N3O2/c1-11-5-4-8-16(2,3)13(11)6-7-14(20)18-12-9-19(10-12)15(17)21/h6-7,12H,4-5,8-10H2,1-3H3,(H2,17,21)(H,18,20)/b7-6+. The van der Waals surface area contributed by atoms with Gasteiger partial charge in [0.2, 0.25) is 5.91 Å². The summed E-state index contributed by atoms with van der Waals surface area (Å²) in [7, 11) is 0. The number of urea groups is 1. The Balaban J connectivity index is 1.89. The fraction of sp³-hybridized carbons (Fsp3) is 0.625. The maximum Gasteiger partial charge on any atom is 0.314 e. The predicted octanol–water partition coefficient (Wildman–Crippen LogP) is 1.95. The van der Waals surface area contributed by atoms with Gasteiger partial charge in [0.05, 0.1) is 6.04 Å². The normalized spacial score (nSPS) is 22.3. The van der Waals surface area contributed by atoms with Gasteiger partial charge in [0, 0.05) is 19.2 Å². The van der Waals surface area contributed by atoms with Crippen molar-refractivity contribution in [3.05, 3.63) is 23.3 Å². The molecule has 0 bridgehead atoms. The van der Waals surface area contributed by atoms with E-state index in [4.69, 9.17) is 5.73 Å². The van der Waals surface area contributed by atoms with Crippen LogP contribution in [0.25, 0.3) is 0 Å². The maximum atomic E-state index is 11.9. The molecule has 5 heteroatoms. The molecule has 3 N–H and O–H groups in total. The molecule has 5 nitrogen and oxygen atoms in total. The van der Waals surface area contributed by atoms with Crippen LogP contribution in [0.3, 0.4) is 0 Å². The van der Waals surface area contributed by atoms with Crippen LogP contribution in [0.4, 0.5) is 4.79 Å². The topological polar surface area (TPSA) is 75.4 Å². The van der Waals surface area contributed by atoms with Crippen LogP contribution < -0.4 is 11.1 Å². The van der Waals surface area contributed by atoms with Crippen LogP contribution in [0.1, 0.15) is 40.0 Å². The van der Waals surface area contributed by atoms with E-state index in [2.05, 4.69) is 26.1 Å². The van der Waals surface area contributed by atoms with Gasteiger partial charge in [-0.15, -0.1) is 0 Å². The van der Waals surface area contributed by atoms with Crippen molar-refractivity contribution >= 4 is 11.9 Å². The van der Waals surface area contributed by atoms with Crippen LogP contribution in [0, 0.1) is 5.41 Å². The highest BCUT2D eigenvalue weighted by molar-refractivity contribution is 5.88. The lowest BCUT2D eigenvalue weighted by atomic mass is 9.72. The van der Waals surface area contributed by atoms with Crippen molar-refractivity contribution in [2.45, 2.75) is 46.1 Å². The minimum Gasteiger partial charge on any atom is -0.351 e. The Labute approximate surface area is 126 Å². The number of amides is 3. The first-order valence-corrected chi connectivity index (χ1v) is 7.53. The second kappa shape index (κ2) is 5.92. The second-order valence-electron chi connectivity index (χ2n) is 6.71. The highest BCUT2D eigenvalue weighted by Gasteiger charge is 2.30. The molecule has 0 unspecified atom stereocenters. The van der Waals surface area contributed by atoms with Gasteiger partial charge in [-0.05, 0) is 37.2 Å². The van der Waals surface area contributed by atoms with E-state index in [1.165, 1.54) is 22.5 Å². The Morgan fingerprint density at radius 3 is 2.62 bits per heavy atom. The quantitative estimate of drug-likeness (QED) is 0.780. The summed E-state index contributed by atoms with van der Waals surface area (Å²) in [4.78, 5) is 24.3. The smallest absolute Gasteiger partial charge is 0.314 e. The molecule has 0 aromatic carbocycles. The lowest BCUT2D eigenvalue weighted by molar-refractivity contribution is -0.118. The number of carbonyl (C=O) groups excluding carboxylic acids is 2. The first-order chi connectivity index (χ1) is 9.79. The van der Waals surface area contributed by atoms with Gasteiger partial charge in [0.25, 0.3) is 0 Å². The molecule has 1 saturated heterocycles. The number of nitrogens with two attached hydrogens (primary N) is 1. The molecule has 1 fully saturated rings. The molecule has 1 aliphatic carbocycles. The van der Waals surface area contributed by atoms with E-state index >= 15 is 0 Å².